The maximum Gasteiger partial charge on any atom is 0.122 e. The molecule has 0 aliphatic carbocycles. The van der Waals surface area contributed by atoms with Gasteiger partial charge in [0.25, 0.3) is 0 Å². The Morgan fingerprint density at radius 1 is 1.17 bits per heavy atom. The second-order valence-electron chi connectivity index (χ2n) is 4.17. The Labute approximate surface area is 116 Å². The maximum absolute atomic E-state index is 5.78. The van der Waals surface area contributed by atoms with Gasteiger partial charge in [0, 0.05) is 5.33 Å². The number of aryl methyl sites for hydroxylation is 1. The third-order valence-electron chi connectivity index (χ3n) is 2.98. The molecule has 2 aromatic rings. The molecule has 2 rings (SSSR count). The summed E-state index contributed by atoms with van der Waals surface area (Å²) in [5, 5.41) is 3.36. The van der Waals surface area contributed by atoms with Gasteiger partial charge < -0.3 is 9.47 Å². The van der Waals surface area contributed by atoms with Gasteiger partial charge in [0.05, 0.1) is 13.7 Å². The van der Waals surface area contributed by atoms with Crippen LogP contribution in [-0.2, 0) is 0 Å². The van der Waals surface area contributed by atoms with Gasteiger partial charge in [-0.05, 0) is 47.9 Å². The molecule has 0 amide bonds. The first-order chi connectivity index (χ1) is 8.76. The molecule has 0 aliphatic rings. The fraction of sp³-hybridized carbons (Fsp3) is 0.333. The van der Waals surface area contributed by atoms with Crippen LogP contribution in [0.15, 0.2) is 30.3 Å². The molecule has 0 unspecified atom stereocenters. The van der Waals surface area contributed by atoms with Crippen LogP contribution < -0.4 is 9.47 Å². The first-order valence-electron chi connectivity index (χ1n) is 6.02. The van der Waals surface area contributed by atoms with Gasteiger partial charge in [-0.15, -0.1) is 0 Å². The molecule has 2 nitrogen and oxygen atoms in total. The summed E-state index contributed by atoms with van der Waals surface area (Å²) in [5.41, 5.74) is 1.18. The molecule has 96 valence electrons. The van der Waals surface area contributed by atoms with E-state index in [0.717, 1.165) is 29.9 Å². The Balaban J connectivity index is 2.32. The number of fused-ring (bicyclic) bond motifs is 1. The molecule has 18 heavy (non-hydrogen) atoms. The highest BCUT2D eigenvalue weighted by Crippen LogP contribution is 2.29. The zero-order chi connectivity index (χ0) is 13.0. The fourth-order valence-corrected chi connectivity index (χ4v) is 2.19. The summed E-state index contributed by atoms with van der Waals surface area (Å²) >= 11 is 3.40. The lowest BCUT2D eigenvalue weighted by atomic mass is 10.0. The summed E-state index contributed by atoms with van der Waals surface area (Å²) in [6.45, 7) is 2.84. The van der Waals surface area contributed by atoms with Crippen LogP contribution >= 0.6 is 15.9 Å². The predicted molar refractivity (Wildman–Crippen MR) is 79.1 cm³/mol. The zero-order valence-corrected chi connectivity index (χ0v) is 12.3. The van der Waals surface area contributed by atoms with Gasteiger partial charge in [0.1, 0.15) is 11.5 Å². The van der Waals surface area contributed by atoms with Crippen molar-refractivity contribution in [1.29, 1.82) is 0 Å². The second-order valence-corrected chi connectivity index (χ2v) is 4.96. The number of methoxy groups -OCH3 is 1. The Morgan fingerprint density at radius 2 is 2.00 bits per heavy atom. The van der Waals surface area contributed by atoms with Crippen molar-refractivity contribution in [2.45, 2.75) is 13.3 Å². The smallest absolute Gasteiger partial charge is 0.122 e. The van der Waals surface area contributed by atoms with E-state index in [1.807, 2.05) is 18.2 Å². The van der Waals surface area contributed by atoms with Crippen molar-refractivity contribution >= 4 is 26.7 Å². The largest absolute Gasteiger partial charge is 0.497 e. The lowest BCUT2D eigenvalue weighted by molar-refractivity contribution is 0.317. The quantitative estimate of drug-likeness (QED) is 0.605. The molecule has 0 spiro atoms. The highest BCUT2D eigenvalue weighted by molar-refractivity contribution is 9.09. The van der Waals surface area contributed by atoms with E-state index >= 15 is 0 Å². The van der Waals surface area contributed by atoms with Gasteiger partial charge in [-0.3, -0.25) is 0 Å². The molecule has 0 heterocycles. The van der Waals surface area contributed by atoms with Crippen LogP contribution in [0, 0.1) is 6.92 Å². The highest BCUT2D eigenvalue weighted by Gasteiger charge is 2.05. The summed E-state index contributed by atoms with van der Waals surface area (Å²) in [6, 6.07) is 10.2. The van der Waals surface area contributed by atoms with Gasteiger partial charge in [-0.2, -0.15) is 0 Å². The van der Waals surface area contributed by atoms with Crippen LogP contribution in [-0.4, -0.2) is 19.0 Å². The Hall–Kier alpha value is -1.22. The third kappa shape index (κ3) is 2.78. The monoisotopic (exact) mass is 308 g/mol. The minimum Gasteiger partial charge on any atom is -0.497 e. The van der Waals surface area contributed by atoms with Gasteiger partial charge in [-0.1, -0.05) is 28.1 Å². The predicted octanol–water partition coefficient (Wildman–Crippen LogP) is 4.32. The minimum absolute atomic E-state index is 0.744. The molecule has 0 aliphatic heterocycles. The van der Waals surface area contributed by atoms with E-state index in [4.69, 9.17) is 9.47 Å². The van der Waals surface area contributed by atoms with Crippen LogP contribution in [0.1, 0.15) is 12.0 Å². The summed E-state index contributed by atoms with van der Waals surface area (Å²) in [5.74, 6) is 1.85. The van der Waals surface area contributed by atoms with E-state index in [9.17, 15) is 0 Å². The van der Waals surface area contributed by atoms with Crippen molar-refractivity contribution in [2.24, 2.45) is 0 Å². The molecule has 0 N–H and O–H groups in total. The molecule has 0 fully saturated rings. The molecule has 0 aromatic heterocycles. The number of hydrogen-bond donors (Lipinski definition) is 0. The summed E-state index contributed by atoms with van der Waals surface area (Å²) in [4.78, 5) is 0. The fourth-order valence-electron chi connectivity index (χ4n) is 1.96. The Morgan fingerprint density at radius 3 is 2.72 bits per heavy atom. The van der Waals surface area contributed by atoms with Crippen LogP contribution in [0.5, 0.6) is 11.5 Å². The van der Waals surface area contributed by atoms with E-state index in [0.29, 0.717) is 0 Å². The van der Waals surface area contributed by atoms with E-state index in [-0.39, 0.29) is 0 Å². The van der Waals surface area contributed by atoms with Crippen molar-refractivity contribution < 1.29 is 9.47 Å². The van der Waals surface area contributed by atoms with Crippen LogP contribution in [0.2, 0.25) is 0 Å². The molecular formula is C15H17BrO2. The normalized spacial score (nSPS) is 10.6. The summed E-state index contributed by atoms with van der Waals surface area (Å²) < 4.78 is 11.0. The molecule has 0 bridgehead atoms. The number of benzene rings is 2. The summed E-state index contributed by atoms with van der Waals surface area (Å²) in [6.07, 6.45) is 1.01. The molecular weight excluding hydrogens is 292 g/mol. The van der Waals surface area contributed by atoms with Gasteiger partial charge >= 0.3 is 0 Å². The van der Waals surface area contributed by atoms with E-state index in [2.05, 4.69) is 35.0 Å². The van der Waals surface area contributed by atoms with E-state index in [1.165, 1.54) is 16.3 Å². The number of halogens is 1. The number of ether oxygens (including phenoxy) is 2. The topological polar surface area (TPSA) is 18.5 Å². The van der Waals surface area contributed by atoms with Crippen LogP contribution in [0.25, 0.3) is 10.8 Å². The zero-order valence-electron chi connectivity index (χ0n) is 10.7. The number of rotatable bonds is 5. The first-order valence-corrected chi connectivity index (χ1v) is 7.14. The van der Waals surface area contributed by atoms with Gasteiger partial charge in [-0.25, -0.2) is 0 Å². The SMILES string of the molecule is COc1ccc2c(C)c(OCCCBr)ccc2c1. The van der Waals surface area contributed by atoms with Crippen LogP contribution in [0.4, 0.5) is 0 Å². The van der Waals surface area contributed by atoms with Crippen molar-refractivity contribution in [3.63, 3.8) is 0 Å². The molecule has 0 atom stereocenters. The highest BCUT2D eigenvalue weighted by atomic mass is 79.9. The van der Waals surface area contributed by atoms with Crippen molar-refractivity contribution in [1.82, 2.24) is 0 Å². The molecule has 0 radical (unpaired) electrons. The number of alkyl halides is 1. The molecule has 0 saturated heterocycles. The van der Waals surface area contributed by atoms with E-state index < -0.39 is 0 Å². The van der Waals surface area contributed by atoms with Crippen molar-refractivity contribution in [2.75, 3.05) is 19.0 Å². The lowest BCUT2D eigenvalue weighted by Crippen LogP contribution is -1.99. The van der Waals surface area contributed by atoms with Crippen molar-refractivity contribution in [3.05, 3.63) is 35.9 Å². The minimum atomic E-state index is 0.744. The van der Waals surface area contributed by atoms with Gasteiger partial charge in [0.15, 0.2) is 0 Å². The van der Waals surface area contributed by atoms with E-state index in [1.54, 1.807) is 7.11 Å². The lowest BCUT2D eigenvalue weighted by Gasteiger charge is -2.11. The Bertz CT molecular complexity index is 537. The third-order valence-corrected chi connectivity index (χ3v) is 3.54. The average molecular weight is 309 g/mol. The molecule has 3 heteroatoms. The molecule has 2 aromatic carbocycles. The number of hydrogen-bond acceptors (Lipinski definition) is 2. The van der Waals surface area contributed by atoms with Crippen LogP contribution in [0.3, 0.4) is 0 Å². The standard InChI is InChI=1S/C15H17BrO2/c1-11-14-6-5-13(17-2)10-12(14)4-7-15(11)18-9-3-8-16/h4-7,10H,3,8-9H2,1-2H3. The average Bonchev–Trinajstić information content (AvgIpc) is 2.41. The maximum atomic E-state index is 5.78. The molecule has 0 saturated carbocycles. The Kier molecular flexibility index (Phi) is 4.48. The van der Waals surface area contributed by atoms with Crippen molar-refractivity contribution in [3.8, 4) is 11.5 Å². The summed E-state index contributed by atoms with van der Waals surface area (Å²) in [7, 11) is 1.69. The van der Waals surface area contributed by atoms with Gasteiger partial charge in [0.2, 0.25) is 0 Å². The second kappa shape index (κ2) is 6.10. The first kappa shape index (κ1) is 13.2.